The third-order valence-electron chi connectivity index (χ3n) is 4.58. The van der Waals surface area contributed by atoms with E-state index in [9.17, 15) is 14.4 Å². The van der Waals surface area contributed by atoms with Gasteiger partial charge in [0.2, 0.25) is 5.91 Å². The molecule has 0 aliphatic heterocycles. The Morgan fingerprint density at radius 1 is 0.882 bits per heavy atom. The van der Waals surface area contributed by atoms with E-state index in [0.717, 1.165) is 11.3 Å². The van der Waals surface area contributed by atoms with E-state index in [4.69, 9.17) is 21.1 Å². The van der Waals surface area contributed by atoms with Crippen molar-refractivity contribution in [3.63, 3.8) is 0 Å². The Kier molecular flexibility index (Phi) is 9.07. The summed E-state index contributed by atoms with van der Waals surface area (Å²) in [6.07, 6.45) is -0.234. The molecule has 0 aromatic heterocycles. The number of anilines is 2. The fourth-order valence-electron chi connectivity index (χ4n) is 2.83. The molecule has 0 aliphatic carbocycles. The number of para-hydroxylation sites is 1. The predicted molar refractivity (Wildman–Crippen MR) is 134 cm³/mol. The quantitative estimate of drug-likeness (QED) is 0.317. The molecule has 0 unspecified atom stereocenters. The SMILES string of the molecule is Cc1ccccc1Oc1ccc(NC(=O)CCC(=O)OCC(=O)Nc2ccc(Br)c(Cl)c2)cc1. The van der Waals surface area contributed by atoms with Crippen molar-refractivity contribution in [1.29, 1.82) is 0 Å². The lowest BCUT2D eigenvalue weighted by atomic mass is 10.2. The van der Waals surface area contributed by atoms with Gasteiger partial charge in [-0.2, -0.15) is 0 Å². The lowest BCUT2D eigenvalue weighted by molar-refractivity contribution is -0.147. The molecule has 3 aromatic carbocycles. The normalized spacial score (nSPS) is 10.3. The first-order valence-electron chi connectivity index (χ1n) is 10.3. The third-order valence-corrected chi connectivity index (χ3v) is 5.82. The summed E-state index contributed by atoms with van der Waals surface area (Å²) in [7, 11) is 0. The minimum Gasteiger partial charge on any atom is -0.457 e. The van der Waals surface area contributed by atoms with Crippen molar-refractivity contribution in [3.8, 4) is 11.5 Å². The zero-order valence-corrected chi connectivity index (χ0v) is 20.6. The van der Waals surface area contributed by atoms with Crippen LogP contribution >= 0.6 is 27.5 Å². The van der Waals surface area contributed by atoms with E-state index in [1.807, 2.05) is 31.2 Å². The molecule has 7 nitrogen and oxygen atoms in total. The zero-order valence-electron chi connectivity index (χ0n) is 18.3. The van der Waals surface area contributed by atoms with E-state index in [1.165, 1.54) is 0 Å². The van der Waals surface area contributed by atoms with Gasteiger partial charge in [0, 0.05) is 22.3 Å². The fraction of sp³-hybridized carbons (Fsp3) is 0.160. The lowest BCUT2D eigenvalue weighted by Gasteiger charge is -2.10. The molecule has 176 valence electrons. The predicted octanol–water partition coefficient (Wildman–Crippen LogP) is 6.10. The molecule has 0 saturated heterocycles. The molecule has 0 heterocycles. The zero-order chi connectivity index (χ0) is 24.5. The number of benzene rings is 3. The Morgan fingerprint density at radius 2 is 1.56 bits per heavy atom. The molecule has 0 aliphatic rings. The van der Waals surface area contributed by atoms with Gasteiger partial charge in [-0.05, 0) is 76.9 Å². The van der Waals surface area contributed by atoms with E-state index >= 15 is 0 Å². The number of aryl methyl sites for hydroxylation is 1. The summed E-state index contributed by atoms with van der Waals surface area (Å²) in [6, 6.07) is 19.5. The number of carbonyl (C=O) groups excluding carboxylic acids is 3. The molecule has 2 N–H and O–H groups in total. The number of nitrogens with one attached hydrogen (secondary N) is 2. The van der Waals surface area contributed by atoms with E-state index in [1.54, 1.807) is 42.5 Å². The third kappa shape index (κ3) is 7.90. The Labute approximate surface area is 210 Å². The van der Waals surface area contributed by atoms with Crippen LogP contribution in [0.3, 0.4) is 0 Å². The van der Waals surface area contributed by atoms with Gasteiger partial charge in [0.1, 0.15) is 11.5 Å². The van der Waals surface area contributed by atoms with E-state index < -0.39 is 18.5 Å². The first kappa shape index (κ1) is 25.3. The number of halogens is 2. The minimum absolute atomic E-state index is 0.0791. The average Bonchev–Trinajstić information content (AvgIpc) is 2.81. The van der Waals surface area contributed by atoms with Gasteiger partial charge in [0.05, 0.1) is 11.4 Å². The topological polar surface area (TPSA) is 93.7 Å². The summed E-state index contributed by atoms with van der Waals surface area (Å²) in [5, 5.41) is 5.72. The molecule has 2 amide bonds. The molecule has 34 heavy (non-hydrogen) atoms. The number of rotatable bonds is 9. The number of amides is 2. The summed E-state index contributed by atoms with van der Waals surface area (Å²) in [5.41, 5.74) is 2.06. The van der Waals surface area contributed by atoms with Crippen LogP contribution in [-0.2, 0) is 19.1 Å². The molecule has 0 fully saturated rings. The molecule has 0 saturated carbocycles. The smallest absolute Gasteiger partial charge is 0.306 e. The summed E-state index contributed by atoms with van der Waals surface area (Å²) >= 11 is 9.23. The van der Waals surface area contributed by atoms with Crippen LogP contribution < -0.4 is 15.4 Å². The van der Waals surface area contributed by atoms with Crippen LogP contribution in [0.25, 0.3) is 0 Å². The highest BCUT2D eigenvalue weighted by molar-refractivity contribution is 9.10. The second kappa shape index (κ2) is 12.2. The van der Waals surface area contributed by atoms with Gasteiger partial charge in [-0.3, -0.25) is 14.4 Å². The van der Waals surface area contributed by atoms with Crippen molar-refractivity contribution in [3.05, 3.63) is 81.8 Å². The number of hydrogen-bond donors (Lipinski definition) is 2. The largest absolute Gasteiger partial charge is 0.457 e. The standard InChI is InChI=1S/C25H22BrClN2O5/c1-16-4-2-3-5-22(16)34-19-9-6-17(7-10-19)28-23(30)12-13-25(32)33-15-24(31)29-18-8-11-20(26)21(27)14-18/h2-11,14H,12-13,15H2,1H3,(H,28,30)(H,29,31). The van der Waals surface area contributed by atoms with Gasteiger partial charge in [-0.1, -0.05) is 29.8 Å². The molecule has 0 spiro atoms. The van der Waals surface area contributed by atoms with Gasteiger partial charge in [0.15, 0.2) is 6.61 Å². The Morgan fingerprint density at radius 3 is 2.26 bits per heavy atom. The van der Waals surface area contributed by atoms with Gasteiger partial charge in [0.25, 0.3) is 5.91 Å². The maximum Gasteiger partial charge on any atom is 0.306 e. The van der Waals surface area contributed by atoms with Crippen LogP contribution in [-0.4, -0.2) is 24.4 Å². The van der Waals surface area contributed by atoms with E-state index in [0.29, 0.717) is 26.6 Å². The van der Waals surface area contributed by atoms with Crippen LogP contribution in [0.4, 0.5) is 11.4 Å². The molecule has 0 bridgehead atoms. The van der Waals surface area contributed by atoms with Gasteiger partial charge in [-0.25, -0.2) is 0 Å². The highest BCUT2D eigenvalue weighted by atomic mass is 79.9. The van der Waals surface area contributed by atoms with Gasteiger partial charge < -0.3 is 20.1 Å². The van der Waals surface area contributed by atoms with Crippen molar-refractivity contribution < 1.29 is 23.9 Å². The molecule has 9 heteroatoms. The van der Waals surface area contributed by atoms with Crippen molar-refractivity contribution in [2.45, 2.75) is 19.8 Å². The molecule has 3 rings (SSSR count). The van der Waals surface area contributed by atoms with Crippen LogP contribution in [0.2, 0.25) is 5.02 Å². The first-order chi connectivity index (χ1) is 16.3. The van der Waals surface area contributed by atoms with Crippen molar-refractivity contribution in [2.75, 3.05) is 17.2 Å². The van der Waals surface area contributed by atoms with E-state index in [-0.39, 0.29) is 18.7 Å². The van der Waals surface area contributed by atoms with Crippen LogP contribution in [0.5, 0.6) is 11.5 Å². The number of esters is 1. The molecular weight excluding hydrogens is 524 g/mol. The molecular formula is C25H22BrClN2O5. The highest BCUT2D eigenvalue weighted by Crippen LogP contribution is 2.26. The summed E-state index contributed by atoms with van der Waals surface area (Å²) < 4.78 is 11.4. The number of carbonyl (C=O) groups is 3. The summed E-state index contributed by atoms with van der Waals surface area (Å²) in [6.45, 7) is 1.50. The summed E-state index contributed by atoms with van der Waals surface area (Å²) in [4.78, 5) is 35.9. The summed E-state index contributed by atoms with van der Waals surface area (Å²) in [5.74, 6) is -0.115. The molecule has 3 aromatic rings. The molecule has 0 radical (unpaired) electrons. The maximum atomic E-state index is 12.1. The van der Waals surface area contributed by atoms with Crippen molar-refractivity contribution in [1.82, 2.24) is 0 Å². The van der Waals surface area contributed by atoms with Gasteiger partial charge >= 0.3 is 5.97 Å². The molecule has 0 atom stereocenters. The second-order valence-electron chi connectivity index (χ2n) is 7.28. The van der Waals surface area contributed by atoms with Crippen LogP contribution in [0.1, 0.15) is 18.4 Å². The van der Waals surface area contributed by atoms with Gasteiger partial charge in [-0.15, -0.1) is 0 Å². The fourth-order valence-corrected chi connectivity index (χ4v) is 3.26. The Hall–Kier alpha value is -3.36. The second-order valence-corrected chi connectivity index (χ2v) is 8.54. The maximum absolute atomic E-state index is 12.1. The Balaban J connectivity index is 1.37. The monoisotopic (exact) mass is 544 g/mol. The number of ether oxygens (including phenoxy) is 2. The van der Waals surface area contributed by atoms with Crippen molar-refractivity contribution >= 4 is 56.7 Å². The highest BCUT2D eigenvalue weighted by Gasteiger charge is 2.12. The van der Waals surface area contributed by atoms with E-state index in [2.05, 4.69) is 26.6 Å². The van der Waals surface area contributed by atoms with Crippen molar-refractivity contribution in [2.24, 2.45) is 0 Å². The van der Waals surface area contributed by atoms with Crippen LogP contribution in [0, 0.1) is 6.92 Å². The Bertz CT molecular complexity index is 1180. The van der Waals surface area contributed by atoms with Crippen LogP contribution in [0.15, 0.2) is 71.2 Å². The minimum atomic E-state index is -0.652. The average molecular weight is 546 g/mol. The number of hydrogen-bond acceptors (Lipinski definition) is 5. The lowest BCUT2D eigenvalue weighted by Crippen LogP contribution is -2.21. The first-order valence-corrected chi connectivity index (χ1v) is 11.5.